The second kappa shape index (κ2) is 4.27. The average Bonchev–Trinajstić information content (AvgIpc) is 2.28. The van der Waals surface area contributed by atoms with Crippen molar-refractivity contribution in [2.45, 2.75) is 25.8 Å². The quantitative estimate of drug-likeness (QED) is 0.670. The van der Waals surface area contributed by atoms with Crippen LogP contribution in [0.5, 0.6) is 0 Å². The number of rotatable bonds is 0. The fourth-order valence-electron chi connectivity index (χ4n) is 2.06. The van der Waals surface area contributed by atoms with Crippen molar-refractivity contribution < 1.29 is 4.79 Å². The lowest BCUT2D eigenvalue weighted by atomic mass is 9.97. The molecule has 1 amide bonds. The number of carbonyl (C=O) groups excluding carboxylic acids is 1. The molecule has 0 aromatic heterocycles. The van der Waals surface area contributed by atoms with Crippen LogP contribution in [0, 0.1) is 0 Å². The monoisotopic (exact) mass is 221 g/mol. The molecule has 0 saturated heterocycles. The topological polar surface area (TPSA) is 20.3 Å². The smallest absolute Gasteiger partial charge is 0.286 e. The van der Waals surface area contributed by atoms with Crippen LogP contribution in [0.25, 0.3) is 0 Å². The van der Waals surface area contributed by atoms with E-state index in [1.807, 2.05) is 29.4 Å². The van der Waals surface area contributed by atoms with Gasteiger partial charge in [0.15, 0.2) is 0 Å². The number of anilines is 1. The van der Waals surface area contributed by atoms with Crippen molar-refractivity contribution in [3.05, 3.63) is 29.8 Å². The van der Waals surface area contributed by atoms with Crippen LogP contribution in [0.15, 0.2) is 24.3 Å². The number of amides is 1. The Bertz CT molecular complexity index is 378. The molecule has 2 rings (SSSR count). The standard InChI is InChI=1S/C12H15NOS/c1-9-7-8-10-5-3-4-6-11(10)13(9)12(14)15-2/h3-6,9H,7-8H2,1-2H3. The van der Waals surface area contributed by atoms with Gasteiger partial charge in [-0.15, -0.1) is 0 Å². The van der Waals surface area contributed by atoms with Gasteiger partial charge in [-0.3, -0.25) is 4.79 Å². The first-order chi connectivity index (χ1) is 7.24. The fourth-order valence-corrected chi connectivity index (χ4v) is 2.54. The predicted molar refractivity (Wildman–Crippen MR) is 65.6 cm³/mol. The summed E-state index contributed by atoms with van der Waals surface area (Å²) in [4.78, 5) is 13.7. The number of fused-ring (bicyclic) bond motifs is 1. The van der Waals surface area contributed by atoms with Gasteiger partial charge in [-0.1, -0.05) is 30.0 Å². The molecule has 1 aliphatic heterocycles. The van der Waals surface area contributed by atoms with Crippen molar-refractivity contribution >= 4 is 22.7 Å². The highest BCUT2D eigenvalue weighted by molar-refractivity contribution is 8.13. The number of hydrogen-bond donors (Lipinski definition) is 0. The molecule has 3 heteroatoms. The molecule has 1 aromatic rings. The van der Waals surface area contributed by atoms with Crippen molar-refractivity contribution in [1.29, 1.82) is 0 Å². The number of hydrogen-bond acceptors (Lipinski definition) is 2. The van der Waals surface area contributed by atoms with Crippen LogP contribution < -0.4 is 4.90 Å². The van der Waals surface area contributed by atoms with E-state index in [2.05, 4.69) is 13.0 Å². The maximum atomic E-state index is 11.8. The highest BCUT2D eigenvalue weighted by Gasteiger charge is 2.27. The minimum atomic E-state index is 0.148. The zero-order valence-corrected chi connectivity index (χ0v) is 9.88. The minimum absolute atomic E-state index is 0.148. The van der Waals surface area contributed by atoms with Crippen LogP contribution >= 0.6 is 11.8 Å². The third-order valence-corrected chi connectivity index (χ3v) is 3.44. The van der Waals surface area contributed by atoms with E-state index in [0.717, 1.165) is 18.5 Å². The highest BCUT2D eigenvalue weighted by atomic mass is 32.2. The summed E-state index contributed by atoms with van der Waals surface area (Å²) in [7, 11) is 0. The van der Waals surface area contributed by atoms with Gasteiger partial charge in [0, 0.05) is 11.7 Å². The van der Waals surface area contributed by atoms with Crippen LogP contribution in [-0.4, -0.2) is 17.5 Å². The number of carbonyl (C=O) groups is 1. The minimum Gasteiger partial charge on any atom is -0.300 e. The number of benzene rings is 1. The average molecular weight is 221 g/mol. The Morgan fingerprint density at radius 2 is 2.20 bits per heavy atom. The van der Waals surface area contributed by atoms with E-state index in [9.17, 15) is 4.79 Å². The zero-order chi connectivity index (χ0) is 10.8. The molecule has 0 bridgehead atoms. The SMILES string of the molecule is CSC(=O)N1c2ccccc2CCC1C. The third kappa shape index (κ3) is 1.88. The summed E-state index contributed by atoms with van der Waals surface area (Å²) in [5.41, 5.74) is 2.38. The summed E-state index contributed by atoms with van der Waals surface area (Å²) >= 11 is 1.29. The predicted octanol–water partition coefficient (Wildman–Crippen LogP) is 3.31. The van der Waals surface area contributed by atoms with E-state index in [4.69, 9.17) is 0 Å². The van der Waals surface area contributed by atoms with Gasteiger partial charge in [0.1, 0.15) is 0 Å². The van der Waals surface area contributed by atoms with Crippen molar-refractivity contribution in [3.8, 4) is 0 Å². The largest absolute Gasteiger partial charge is 0.300 e. The molecule has 80 valence electrons. The molecule has 0 fully saturated rings. The van der Waals surface area contributed by atoms with E-state index in [0.29, 0.717) is 6.04 Å². The molecule has 15 heavy (non-hydrogen) atoms. The maximum Gasteiger partial charge on any atom is 0.286 e. The second-order valence-electron chi connectivity index (χ2n) is 3.86. The Morgan fingerprint density at radius 3 is 2.93 bits per heavy atom. The van der Waals surface area contributed by atoms with Gasteiger partial charge >= 0.3 is 0 Å². The molecule has 0 radical (unpaired) electrons. The summed E-state index contributed by atoms with van der Waals surface area (Å²) in [6.45, 7) is 2.12. The maximum absolute atomic E-state index is 11.8. The molecule has 1 unspecified atom stereocenters. The molecule has 0 N–H and O–H groups in total. The lowest BCUT2D eigenvalue weighted by molar-refractivity contribution is 0.262. The Morgan fingerprint density at radius 1 is 1.47 bits per heavy atom. The molecule has 0 saturated carbocycles. The lowest BCUT2D eigenvalue weighted by Gasteiger charge is -2.34. The number of para-hydroxylation sites is 1. The summed E-state index contributed by atoms with van der Waals surface area (Å²) < 4.78 is 0. The Balaban J connectivity index is 2.41. The van der Waals surface area contributed by atoms with Crippen LogP contribution in [-0.2, 0) is 6.42 Å². The van der Waals surface area contributed by atoms with Gasteiger partial charge < -0.3 is 4.90 Å². The zero-order valence-electron chi connectivity index (χ0n) is 9.06. The molecule has 1 aromatic carbocycles. The molecule has 1 heterocycles. The fraction of sp³-hybridized carbons (Fsp3) is 0.417. The number of thioether (sulfide) groups is 1. The normalized spacial score (nSPS) is 19.9. The van der Waals surface area contributed by atoms with E-state index in [1.54, 1.807) is 0 Å². The first-order valence-corrected chi connectivity index (χ1v) is 6.41. The number of aryl methyl sites for hydroxylation is 1. The van der Waals surface area contributed by atoms with Crippen LogP contribution in [0.1, 0.15) is 18.9 Å². The van der Waals surface area contributed by atoms with Gasteiger partial charge in [0.05, 0.1) is 0 Å². The second-order valence-corrected chi connectivity index (χ2v) is 4.61. The van der Waals surface area contributed by atoms with Crippen LogP contribution in [0.3, 0.4) is 0 Å². The lowest BCUT2D eigenvalue weighted by Crippen LogP contribution is -2.39. The first-order valence-electron chi connectivity index (χ1n) is 5.19. The number of nitrogens with zero attached hydrogens (tertiary/aromatic N) is 1. The highest BCUT2D eigenvalue weighted by Crippen LogP contribution is 2.32. The summed E-state index contributed by atoms with van der Waals surface area (Å²) in [6.07, 6.45) is 3.98. The van der Waals surface area contributed by atoms with Gasteiger partial charge in [-0.05, 0) is 37.7 Å². The van der Waals surface area contributed by atoms with Gasteiger partial charge in [0.2, 0.25) is 0 Å². The van der Waals surface area contributed by atoms with Crippen molar-refractivity contribution in [2.75, 3.05) is 11.2 Å². The third-order valence-electron chi connectivity index (χ3n) is 2.89. The van der Waals surface area contributed by atoms with E-state index >= 15 is 0 Å². The molecule has 1 aliphatic rings. The van der Waals surface area contributed by atoms with E-state index in [-0.39, 0.29) is 5.24 Å². The molecule has 0 spiro atoms. The molecule has 0 aliphatic carbocycles. The van der Waals surface area contributed by atoms with Crippen LogP contribution in [0.2, 0.25) is 0 Å². The van der Waals surface area contributed by atoms with Crippen molar-refractivity contribution in [2.24, 2.45) is 0 Å². The molecular weight excluding hydrogens is 206 g/mol. The Kier molecular flexibility index (Phi) is 3.00. The molecule has 1 atom stereocenters. The van der Waals surface area contributed by atoms with E-state index < -0.39 is 0 Å². The first kappa shape index (κ1) is 10.6. The summed E-state index contributed by atoms with van der Waals surface area (Å²) in [5, 5.41) is 0.148. The Hall–Kier alpha value is -0.960. The summed E-state index contributed by atoms with van der Waals surface area (Å²) in [6, 6.07) is 8.51. The van der Waals surface area contributed by atoms with Crippen molar-refractivity contribution in [1.82, 2.24) is 0 Å². The van der Waals surface area contributed by atoms with Gasteiger partial charge in [0.25, 0.3) is 5.24 Å². The summed E-state index contributed by atoms with van der Waals surface area (Å²) in [5.74, 6) is 0. The molecular formula is C12H15NOS. The Labute approximate surface area is 94.7 Å². The van der Waals surface area contributed by atoms with Crippen LogP contribution in [0.4, 0.5) is 10.5 Å². The van der Waals surface area contributed by atoms with Gasteiger partial charge in [-0.25, -0.2) is 0 Å². The van der Waals surface area contributed by atoms with Crippen molar-refractivity contribution in [3.63, 3.8) is 0 Å². The van der Waals surface area contributed by atoms with E-state index in [1.165, 1.54) is 17.3 Å². The van der Waals surface area contributed by atoms with Gasteiger partial charge in [-0.2, -0.15) is 0 Å². The molecule has 2 nitrogen and oxygen atoms in total.